The first kappa shape index (κ1) is 14.0. The molecule has 0 nitrogen and oxygen atoms in total. The Morgan fingerprint density at radius 2 is 1.29 bits per heavy atom. The lowest BCUT2D eigenvalue weighted by molar-refractivity contribution is 0.241. The second kappa shape index (κ2) is 8.32. The van der Waals surface area contributed by atoms with Gasteiger partial charge < -0.3 is 0 Å². The van der Waals surface area contributed by atoms with Crippen LogP contribution in [-0.4, -0.2) is 0 Å². The lowest BCUT2D eigenvalue weighted by Gasteiger charge is -2.27. The highest BCUT2D eigenvalue weighted by atomic mass is 14.2. The predicted octanol–water partition coefficient (Wildman–Crippen LogP) is 5.28. The van der Waals surface area contributed by atoms with Crippen LogP contribution in [-0.2, 0) is 0 Å². The first-order chi connectivity index (χ1) is 6.65. The van der Waals surface area contributed by atoms with Crippen LogP contribution in [0.1, 0.15) is 73.1 Å². The first-order valence-corrected chi connectivity index (χ1v) is 6.65. The van der Waals surface area contributed by atoms with Crippen molar-refractivity contribution in [3.8, 4) is 0 Å². The van der Waals surface area contributed by atoms with E-state index in [1.54, 1.807) is 0 Å². The minimum Gasteiger partial charge on any atom is -0.0654 e. The maximum atomic E-state index is 2.36. The molecule has 0 radical (unpaired) electrons. The van der Waals surface area contributed by atoms with Gasteiger partial charge in [0.2, 0.25) is 0 Å². The van der Waals surface area contributed by atoms with Crippen LogP contribution < -0.4 is 0 Å². The van der Waals surface area contributed by atoms with Crippen molar-refractivity contribution in [3.63, 3.8) is 0 Å². The van der Waals surface area contributed by atoms with E-state index in [0.717, 1.165) is 17.8 Å². The van der Waals surface area contributed by atoms with E-state index in [0.29, 0.717) is 0 Å². The Hall–Kier alpha value is 0. The summed E-state index contributed by atoms with van der Waals surface area (Å²) in [6.45, 7) is 11.7. The van der Waals surface area contributed by atoms with Crippen molar-refractivity contribution in [2.24, 2.45) is 17.8 Å². The molecular formula is C14H30. The van der Waals surface area contributed by atoms with Crippen molar-refractivity contribution in [3.05, 3.63) is 0 Å². The van der Waals surface area contributed by atoms with Crippen molar-refractivity contribution in [1.29, 1.82) is 0 Å². The van der Waals surface area contributed by atoms with Gasteiger partial charge in [-0.1, -0.05) is 66.7 Å². The van der Waals surface area contributed by atoms with Crippen LogP contribution in [0.4, 0.5) is 0 Å². The van der Waals surface area contributed by atoms with Gasteiger partial charge >= 0.3 is 0 Å². The van der Waals surface area contributed by atoms with E-state index in [2.05, 4.69) is 34.6 Å². The van der Waals surface area contributed by atoms with Crippen LogP contribution in [0.25, 0.3) is 0 Å². The fourth-order valence-electron chi connectivity index (χ4n) is 2.67. The molecule has 0 aromatic rings. The zero-order chi connectivity index (χ0) is 11.0. The summed E-state index contributed by atoms with van der Waals surface area (Å²) in [7, 11) is 0. The van der Waals surface area contributed by atoms with Crippen molar-refractivity contribution in [1.82, 2.24) is 0 Å². The van der Waals surface area contributed by atoms with Crippen molar-refractivity contribution in [2.75, 3.05) is 0 Å². The van der Waals surface area contributed by atoms with Gasteiger partial charge in [-0.15, -0.1) is 0 Å². The van der Waals surface area contributed by atoms with Crippen LogP contribution in [0.2, 0.25) is 0 Å². The quantitative estimate of drug-likeness (QED) is 0.498. The topological polar surface area (TPSA) is 0 Å². The molecule has 0 spiro atoms. The molecule has 0 bridgehead atoms. The van der Waals surface area contributed by atoms with Gasteiger partial charge in [0.05, 0.1) is 0 Å². The number of rotatable bonds is 8. The van der Waals surface area contributed by atoms with Gasteiger partial charge in [-0.05, 0) is 24.2 Å². The Morgan fingerprint density at radius 1 is 0.786 bits per heavy atom. The Kier molecular flexibility index (Phi) is 8.32. The number of hydrogen-bond donors (Lipinski definition) is 0. The highest BCUT2D eigenvalue weighted by Crippen LogP contribution is 2.30. The Labute approximate surface area is 91.5 Å². The maximum Gasteiger partial charge on any atom is -0.0384 e. The normalized spacial score (nSPS) is 15.9. The van der Waals surface area contributed by atoms with E-state index < -0.39 is 0 Å². The van der Waals surface area contributed by atoms with Crippen LogP contribution in [0.3, 0.4) is 0 Å². The molecule has 0 N–H and O–H groups in total. The first-order valence-electron chi connectivity index (χ1n) is 6.65. The molecule has 0 aliphatic heterocycles. The van der Waals surface area contributed by atoms with Crippen LogP contribution in [0, 0.1) is 17.8 Å². The van der Waals surface area contributed by atoms with Crippen molar-refractivity contribution >= 4 is 0 Å². The minimum absolute atomic E-state index is 0.873. The van der Waals surface area contributed by atoms with E-state index in [1.807, 2.05) is 0 Å². The monoisotopic (exact) mass is 198 g/mol. The third-order valence-electron chi connectivity index (χ3n) is 3.28. The lowest BCUT2D eigenvalue weighted by Crippen LogP contribution is -2.16. The maximum absolute atomic E-state index is 2.36. The van der Waals surface area contributed by atoms with Gasteiger partial charge in [-0.3, -0.25) is 0 Å². The Morgan fingerprint density at radius 3 is 1.64 bits per heavy atom. The molecule has 2 atom stereocenters. The van der Waals surface area contributed by atoms with Gasteiger partial charge in [-0.2, -0.15) is 0 Å². The zero-order valence-electron chi connectivity index (χ0n) is 11.0. The summed E-state index contributed by atoms with van der Waals surface area (Å²) >= 11 is 0. The van der Waals surface area contributed by atoms with Gasteiger partial charge in [0, 0.05) is 0 Å². The summed E-state index contributed by atoms with van der Waals surface area (Å²) in [4.78, 5) is 0. The molecule has 0 rings (SSSR count). The molecule has 2 unspecified atom stereocenters. The van der Waals surface area contributed by atoms with Gasteiger partial charge in [-0.25, -0.2) is 0 Å². The Bertz CT molecular complexity index is 115. The molecule has 0 aliphatic rings. The van der Waals surface area contributed by atoms with E-state index in [4.69, 9.17) is 0 Å². The standard InChI is InChI=1S/C14H30/c1-6-9-13(8-3)14(10-7-2)11-12(4)5/h12-14H,6-11H2,1-5H3. The van der Waals surface area contributed by atoms with Crippen LogP contribution >= 0.6 is 0 Å². The SMILES string of the molecule is CCCC(CC)C(CCC)CC(C)C. The molecule has 0 saturated heterocycles. The summed E-state index contributed by atoms with van der Waals surface area (Å²) in [5.74, 6) is 2.85. The van der Waals surface area contributed by atoms with E-state index >= 15 is 0 Å². The van der Waals surface area contributed by atoms with E-state index in [1.165, 1.54) is 38.5 Å². The summed E-state index contributed by atoms with van der Waals surface area (Å²) < 4.78 is 0. The predicted molar refractivity (Wildman–Crippen MR) is 66.5 cm³/mol. The third-order valence-corrected chi connectivity index (χ3v) is 3.28. The molecule has 0 heteroatoms. The van der Waals surface area contributed by atoms with Crippen molar-refractivity contribution < 1.29 is 0 Å². The summed E-state index contributed by atoms with van der Waals surface area (Å²) in [6, 6.07) is 0. The smallest absolute Gasteiger partial charge is 0.0384 e. The van der Waals surface area contributed by atoms with Crippen molar-refractivity contribution in [2.45, 2.75) is 73.1 Å². The zero-order valence-corrected chi connectivity index (χ0v) is 11.0. The molecular weight excluding hydrogens is 168 g/mol. The largest absolute Gasteiger partial charge is 0.0654 e. The molecule has 0 saturated carbocycles. The number of hydrogen-bond acceptors (Lipinski definition) is 0. The lowest BCUT2D eigenvalue weighted by atomic mass is 9.79. The average molecular weight is 198 g/mol. The van der Waals surface area contributed by atoms with E-state index in [-0.39, 0.29) is 0 Å². The molecule has 0 amide bonds. The molecule has 0 heterocycles. The second-order valence-electron chi connectivity index (χ2n) is 5.14. The Balaban J connectivity index is 4.11. The minimum atomic E-state index is 0.873. The average Bonchev–Trinajstić information content (AvgIpc) is 2.13. The van der Waals surface area contributed by atoms with Gasteiger partial charge in [0.15, 0.2) is 0 Å². The molecule has 86 valence electrons. The summed E-state index contributed by atoms with van der Waals surface area (Å²) in [5, 5.41) is 0. The van der Waals surface area contributed by atoms with E-state index in [9.17, 15) is 0 Å². The molecule has 0 aromatic carbocycles. The molecule has 0 aromatic heterocycles. The van der Waals surface area contributed by atoms with Crippen LogP contribution in [0.5, 0.6) is 0 Å². The highest BCUT2D eigenvalue weighted by Gasteiger charge is 2.19. The molecule has 0 aliphatic carbocycles. The molecule has 0 fully saturated rings. The third kappa shape index (κ3) is 5.67. The van der Waals surface area contributed by atoms with Gasteiger partial charge in [0.25, 0.3) is 0 Å². The second-order valence-corrected chi connectivity index (χ2v) is 5.14. The summed E-state index contributed by atoms with van der Waals surface area (Å²) in [5.41, 5.74) is 0. The van der Waals surface area contributed by atoms with Gasteiger partial charge in [0.1, 0.15) is 0 Å². The van der Waals surface area contributed by atoms with Crippen LogP contribution in [0.15, 0.2) is 0 Å². The fraction of sp³-hybridized carbons (Fsp3) is 1.00. The fourth-order valence-corrected chi connectivity index (χ4v) is 2.67. The molecule has 14 heavy (non-hydrogen) atoms. The summed E-state index contributed by atoms with van der Waals surface area (Å²) in [6.07, 6.45) is 8.41. The highest BCUT2D eigenvalue weighted by molar-refractivity contribution is 4.70.